The summed E-state index contributed by atoms with van der Waals surface area (Å²) in [5.74, 6) is -1.00. The van der Waals surface area contributed by atoms with Crippen LogP contribution in [-0.4, -0.2) is 37.2 Å². The normalized spacial score (nSPS) is 13.4. The van der Waals surface area contributed by atoms with Crippen molar-refractivity contribution >= 4 is 17.9 Å². The first kappa shape index (κ1) is 75.5. The standard InChI is InChI=1S/C75H116O6/c1-4-7-10-13-16-19-22-25-28-30-32-34-35-36-37-38-39-41-42-44-47-50-53-56-59-62-65-68-74(77)80-71-72(70-79-73(76)67-64-61-58-55-52-49-46-27-24-21-18-15-12-9-6-3)81-75(78)69-66-63-60-57-54-51-48-45-43-40-33-31-29-26-23-20-17-14-11-8-5-2/h7-8,10-11,16-21,25-29,32-34,36-37,39-41,44-48,53,56,72H,4-6,9,12-15,22-24,30-31,35,38,42-43,49-52,54-55,57-71H2,1-3H3/b10-7-,11-8-,19-16-,20-17-,21-18-,28-25-,29-26-,34-32-,37-36-,40-33-,41-39-,46-27-,47-44-,48-45-,56-53-. The number of ether oxygens (including phenoxy) is 3. The average Bonchev–Trinajstić information content (AvgIpc) is 3.47. The summed E-state index contributed by atoms with van der Waals surface area (Å²) in [5, 5.41) is 0. The molecule has 0 amide bonds. The van der Waals surface area contributed by atoms with E-state index >= 15 is 0 Å². The summed E-state index contributed by atoms with van der Waals surface area (Å²) in [4.78, 5) is 38.3. The molecule has 0 radical (unpaired) electrons. The molecule has 0 fully saturated rings. The minimum absolute atomic E-state index is 0.117. The van der Waals surface area contributed by atoms with Gasteiger partial charge in [-0.05, 0) is 161 Å². The first-order valence-corrected chi connectivity index (χ1v) is 32.3. The maximum atomic E-state index is 12.9. The zero-order valence-corrected chi connectivity index (χ0v) is 51.7. The lowest BCUT2D eigenvalue weighted by Gasteiger charge is -2.18. The van der Waals surface area contributed by atoms with Gasteiger partial charge in [0.25, 0.3) is 0 Å². The molecular formula is C75H116O6. The van der Waals surface area contributed by atoms with Crippen LogP contribution in [0.2, 0.25) is 0 Å². The Labute approximate surface area is 497 Å². The zero-order valence-electron chi connectivity index (χ0n) is 51.7. The van der Waals surface area contributed by atoms with Gasteiger partial charge in [-0.3, -0.25) is 14.4 Å². The molecule has 0 bridgehead atoms. The molecule has 6 heteroatoms. The highest BCUT2D eigenvalue weighted by Crippen LogP contribution is 2.13. The molecule has 81 heavy (non-hydrogen) atoms. The lowest BCUT2D eigenvalue weighted by atomic mass is 10.1. The van der Waals surface area contributed by atoms with Crippen LogP contribution < -0.4 is 0 Å². The molecule has 0 aromatic heterocycles. The minimum Gasteiger partial charge on any atom is -0.462 e. The zero-order chi connectivity index (χ0) is 58.5. The van der Waals surface area contributed by atoms with Crippen molar-refractivity contribution in [1.29, 1.82) is 0 Å². The molecule has 0 aromatic rings. The molecule has 0 aliphatic rings. The summed E-state index contributed by atoms with van der Waals surface area (Å²) >= 11 is 0. The van der Waals surface area contributed by atoms with Crippen LogP contribution in [0, 0.1) is 0 Å². The molecule has 452 valence electrons. The van der Waals surface area contributed by atoms with Gasteiger partial charge in [-0.2, -0.15) is 0 Å². The van der Waals surface area contributed by atoms with E-state index in [1.54, 1.807) is 0 Å². The monoisotopic (exact) mass is 1110 g/mol. The van der Waals surface area contributed by atoms with E-state index in [1.165, 1.54) is 25.7 Å². The molecule has 1 unspecified atom stereocenters. The third kappa shape index (κ3) is 65.2. The molecule has 0 spiro atoms. The third-order valence-corrected chi connectivity index (χ3v) is 12.9. The summed E-state index contributed by atoms with van der Waals surface area (Å²) in [6.07, 6.45) is 100. The van der Waals surface area contributed by atoms with Gasteiger partial charge in [0, 0.05) is 19.3 Å². The predicted molar refractivity (Wildman–Crippen MR) is 352 cm³/mol. The summed E-state index contributed by atoms with van der Waals surface area (Å²) < 4.78 is 16.9. The van der Waals surface area contributed by atoms with Crippen molar-refractivity contribution in [2.24, 2.45) is 0 Å². The number of carbonyl (C=O) groups excluding carboxylic acids is 3. The van der Waals surface area contributed by atoms with Crippen LogP contribution in [0.25, 0.3) is 0 Å². The Morgan fingerprint density at radius 2 is 0.481 bits per heavy atom. The lowest BCUT2D eigenvalue weighted by molar-refractivity contribution is -0.167. The number of hydrogen-bond acceptors (Lipinski definition) is 6. The second-order valence-corrected chi connectivity index (χ2v) is 20.5. The number of hydrogen-bond donors (Lipinski definition) is 0. The van der Waals surface area contributed by atoms with Crippen molar-refractivity contribution in [1.82, 2.24) is 0 Å². The second kappa shape index (κ2) is 67.0. The predicted octanol–water partition coefficient (Wildman–Crippen LogP) is 22.4. The molecule has 0 heterocycles. The molecule has 6 nitrogen and oxygen atoms in total. The SMILES string of the molecule is CC/C=C\C/C=C\C/C=C\C/C=C\C/C=C\C/C=C\C/C=C\C/C=C\CCCCC(=O)OCC(COC(=O)CCCCCCC/C=C\C/C=C\CCCCC)OC(=O)CCCCCCC/C=C\C/C=C\C/C=C\C/C=C\C/C=C\CC. The van der Waals surface area contributed by atoms with Gasteiger partial charge >= 0.3 is 17.9 Å². The molecule has 0 saturated heterocycles. The lowest BCUT2D eigenvalue weighted by Crippen LogP contribution is -2.30. The van der Waals surface area contributed by atoms with Gasteiger partial charge in [0.15, 0.2) is 6.10 Å². The van der Waals surface area contributed by atoms with Crippen molar-refractivity contribution in [3.8, 4) is 0 Å². The van der Waals surface area contributed by atoms with Crippen LogP contribution in [-0.2, 0) is 28.6 Å². The van der Waals surface area contributed by atoms with Crippen molar-refractivity contribution < 1.29 is 28.6 Å². The van der Waals surface area contributed by atoms with Crippen LogP contribution in [0.1, 0.15) is 252 Å². The van der Waals surface area contributed by atoms with Crippen LogP contribution in [0.4, 0.5) is 0 Å². The van der Waals surface area contributed by atoms with Crippen LogP contribution >= 0.6 is 0 Å². The van der Waals surface area contributed by atoms with Gasteiger partial charge in [-0.1, -0.05) is 254 Å². The van der Waals surface area contributed by atoms with E-state index in [2.05, 4.69) is 203 Å². The van der Waals surface area contributed by atoms with E-state index in [4.69, 9.17) is 14.2 Å². The Hall–Kier alpha value is -5.49. The summed E-state index contributed by atoms with van der Waals surface area (Å²) in [5.41, 5.74) is 0. The number of rotatable bonds is 56. The van der Waals surface area contributed by atoms with Gasteiger partial charge in [0.05, 0.1) is 0 Å². The molecular weight excluding hydrogens is 997 g/mol. The maximum absolute atomic E-state index is 12.9. The average molecular weight is 1110 g/mol. The molecule has 0 aliphatic heterocycles. The largest absolute Gasteiger partial charge is 0.462 e. The molecule has 0 rings (SSSR count). The second-order valence-electron chi connectivity index (χ2n) is 20.5. The van der Waals surface area contributed by atoms with E-state index in [-0.39, 0.29) is 44.0 Å². The summed E-state index contributed by atoms with van der Waals surface area (Å²) in [6, 6.07) is 0. The fourth-order valence-corrected chi connectivity index (χ4v) is 8.10. The number of carbonyl (C=O) groups is 3. The van der Waals surface area contributed by atoms with E-state index in [0.29, 0.717) is 12.8 Å². The fraction of sp³-hybridized carbons (Fsp3) is 0.560. The molecule has 0 aromatic carbocycles. The number of unbranched alkanes of at least 4 members (excludes halogenated alkanes) is 15. The Morgan fingerprint density at radius 3 is 0.778 bits per heavy atom. The van der Waals surface area contributed by atoms with Crippen LogP contribution in [0.3, 0.4) is 0 Å². The quantitative estimate of drug-likeness (QED) is 0.0261. The molecule has 0 saturated carbocycles. The molecule has 0 aliphatic carbocycles. The number of esters is 3. The van der Waals surface area contributed by atoms with E-state index in [0.717, 1.165) is 180 Å². The van der Waals surface area contributed by atoms with Gasteiger partial charge in [-0.15, -0.1) is 0 Å². The summed E-state index contributed by atoms with van der Waals surface area (Å²) in [6.45, 7) is 6.31. The Balaban J connectivity index is 4.54. The van der Waals surface area contributed by atoms with Gasteiger partial charge in [0.2, 0.25) is 0 Å². The van der Waals surface area contributed by atoms with E-state index in [1.807, 2.05) is 0 Å². The Bertz CT molecular complexity index is 1900. The van der Waals surface area contributed by atoms with Crippen molar-refractivity contribution in [2.45, 2.75) is 258 Å². The van der Waals surface area contributed by atoms with E-state index in [9.17, 15) is 14.4 Å². The van der Waals surface area contributed by atoms with Crippen molar-refractivity contribution in [3.63, 3.8) is 0 Å². The van der Waals surface area contributed by atoms with Crippen LogP contribution in [0.15, 0.2) is 182 Å². The Kier molecular flexibility index (Phi) is 62.5. The third-order valence-electron chi connectivity index (χ3n) is 12.9. The van der Waals surface area contributed by atoms with E-state index < -0.39 is 6.10 Å². The van der Waals surface area contributed by atoms with Gasteiger partial charge in [-0.25, -0.2) is 0 Å². The van der Waals surface area contributed by atoms with Crippen LogP contribution in [0.5, 0.6) is 0 Å². The Morgan fingerprint density at radius 1 is 0.259 bits per heavy atom. The maximum Gasteiger partial charge on any atom is 0.306 e. The van der Waals surface area contributed by atoms with Gasteiger partial charge in [0.1, 0.15) is 13.2 Å². The smallest absolute Gasteiger partial charge is 0.306 e. The minimum atomic E-state index is -0.825. The number of allylic oxidation sites excluding steroid dienone is 30. The van der Waals surface area contributed by atoms with Crippen molar-refractivity contribution in [3.05, 3.63) is 182 Å². The fourth-order valence-electron chi connectivity index (χ4n) is 8.10. The highest BCUT2D eigenvalue weighted by atomic mass is 16.6. The first-order valence-electron chi connectivity index (χ1n) is 32.3. The van der Waals surface area contributed by atoms with Crippen molar-refractivity contribution in [2.75, 3.05) is 13.2 Å². The first-order chi connectivity index (χ1) is 40.0. The molecule has 0 N–H and O–H groups in total. The molecule has 1 atom stereocenters. The van der Waals surface area contributed by atoms with Gasteiger partial charge < -0.3 is 14.2 Å². The topological polar surface area (TPSA) is 78.9 Å². The highest BCUT2D eigenvalue weighted by Gasteiger charge is 2.19. The highest BCUT2D eigenvalue weighted by molar-refractivity contribution is 5.71. The summed E-state index contributed by atoms with van der Waals surface area (Å²) in [7, 11) is 0.